The summed E-state index contributed by atoms with van der Waals surface area (Å²) in [5.74, 6) is 1.02. The standard InChI is InChI=1S/C17H18BrNO3S/c1-4-7-19(11-13-6-5-8-23-13)17(20)12-9-14(21-2)16(18)15(10-12)22-3/h4-6,8-10H,1,7,11H2,2-3H3. The molecule has 23 heavy (non-hydrogen) atoms. The third-order valence-corrected chi connectivity index (χ3v) is 4.90. The summed E-state index contributed by atoms with van der Waals surface area (Å²) in [6.07, 6.45) is 1.72. The van der Waals surface area contributed by atoms with Crippen LogP contribution in [0.2, 0.25) is 0 Å². The highest BCUT2D eigenvalue weighted by Gasteiger charge is 2.19. The van der Waals surface area contributed by atoms with Gasteiger partial charge in [0.2, 0.25) is 0 Å². The zero-order valence-electron chi connectivity index (χ0n) is 13.0. The number of hydrogen-bond acceptors (Lipinski definition) is 4. The molecule has 0 saturated carbocycles. The second kappa shape index (κ2) is 8.17. The van der Waals surface area contributed by atoms with Crippen molar-refractivity contribution in [2.24, 2.45) is 0 Å². The fourth-order valence-electron chi connectivity index (χ4n) is 2.14. The van der Waals surface area contributed by atoms with E-state index in [0.29, 0.717) is 34.6 Å². The third-order valence-electron chi connectivity index (χ3n) is 3.26. The van der Waals surface area contributed by atoms with Gasteiger partial charge in [-0.1, -0.05) is 12.1 Å². The molecule has 0 atom stereocenters. The maximum absolute atomic E-state index is 12.9. The Balaban J connectivity index is 2.33. The third kappa shape index (κ3) is 4.14. The van der Waals surface area contributed by atoms with Crippen LogP contribution >= 0.6 is 27.3 Å². The van der Waals surface area contributed by atoms with Crippen LogP contribution < -0.4 is 9.47 Å². The minimum absolute atomic E-state index is 0.0950. The number of rotatable bonds is 7. The van der Waals surface area contributed by atoms with E-state index < -0.39 is 0 Å². The molecule has 122 valence electrons. The molecule has 0 spiro atoms. The fourth-order valence-corrected chi connectivity index (χ4v) is 3.41. The lowest BCUT2D eigenvalue weighted by Crippen LogP contribution is -2.30. The Kier molecular flexibility index (Phi) is 6.24. The smallest absolute Gasteiger partial charge is 0.254 e. The molecule has 0 aliphatic rings. The lowest BCUT2D eigenvalue weighted by molar-refractivity contribution is 0.0763. The molecule has 0 radical (unpaired) electrons. The number of thiophene rings is 1. The number of amides is 1. The molecule has 0 fully saturated rings. The molecular weight excluding hydrogens is 378 g/mol. The highest BCUT2D eigenvalue weighted by molar-refractivity contribution is 9.10. The lowest BCUT2D eigenvalue weighted by Gasteiger charge is -2.21. The molecule has 0 N–H and O–H groups in total. The van der Waals surface area contributed by atoms with Crippen LogP contribution in [0, 0.1) is 0 Å². The van der Waals surface area contributed by atoms with Crippen LogP contribution in [-0.2, 0) is 6.54 Å². The van der Waals surface area contributed by atoms with E-state index in [2.05, 4.69) is 22.5 Å². The summed E-state index contributed by atoms with van der Waals surface area (Å²) in [6.45, 7) is 4.75. The largest absolute Gasteiger partial charge is 0.495 e. The first kappa shape index (κ1) is 17.6. The van der Waals surface area contributed by atoms with Gasteiger partial charge in [0.1, 0.15) is 16.0 Å². The van der Waals surface area contributed by atoms with Crippen LogP contribution in [0.15, 0.2) is 46.8 Å². The Morgan fingerprint density at radius 3 is 2.48 bits per heavy atom. The van der Waals surface area contributed by atoms with Gasteiger partial charge in [0.25, 0.3) is 5.91 Å². The first-order chi connectivity index (χ1) is 11.1. The number of benzene rings is 1. The number of carbonyl (C=O) groups is 1. The number of ether oxygens (including phenoxy) is 2. The van der Waals surface area contributed by atoms with Gasteiger partial charge >= 0.3 is 0 Å². The molecule has 4 nitrogen and oxygen atoms in total. The van der Waals surface area contributed by atoms with E-state index in [1.165, 1.54) is 0 Å². The Hall–Kier alpha value is -1.79. The molecule has 0 aliphatic heterocycles. The van der Waals surface area contributed by atoms with Gasteiger partial charge in [0, 0.05) is 17.0 Å². The molecule has 0 bridgehead atoms. The van der Waals surface area contributed by atoms with Gasteiger partial charge in [0.05, 0.1) is 20.8 Å². The molecule has 0 aliphatic carbocycles. The van der Waals surface area contributed by atoms with E-state index in [0.717, 1.165) is 4.88 Å². The van der Waals surface area contributed by atoms with E-state index in [1.807, 2.05) is 17.5 Å². The average Bonchev–Trinajstić information content (AvgIpc) is 3.07. The predicted molar refractivity (Wildman–Crippen MR) is 96.5 cm³/mol. The van der Waals surface area contributed by atoms with Crippen LogP contribution in [0.5, 0.6) is 11.5 Å². The first-order valence-corrected chi connectivity index (χ1v) is 8.62. The first-order valence-electron chi connectivity index (χ1n) is 6.94. The molecule has 1 aromatic carbocycles. The predicted octanol–water partition coefficient (Wildman–Crippen LogP) is 4.36. The van der Waals surface area contributed by atoms with E-state index in [-0.39, 0.29) is 5.91 Å². The minimum Gasteiger partial charge on any atom is -0.495 e. The second-order valence-corrected chi connectivity index (χ2v) is 6.57. The molecule has 0 saturated heterocycles. The monoisotopic (exact) mass is 395 g/mol. The van der Waals surface area contributed by atoms with Crippen molar-refractivity contribution in [1.29, 1.82) is 0 Å². The molecule has 0 unspecified atom stereocenters. The molecule has 1 amide bonds. The van der Waals surface area contributed by atoms with Crippen molar-refractivity contribution >= 4 is 33.2 Å². The second-order valence-electron chi connectivity index (χ2n) is 4.75. The maximum atomic E-state index is 12.9. The van der Waals surface area contributed by atoms with Crippen LogP contribution in [0.3, 0.4) is 0 Å². The highest BCUT2D eigenvalue weighted by atomic mass is 79.9. The average molecular weight is 396 g/mol. The van der Waals surface area contributed by atoms with Gasteiger partial charge in [-0.2, -0.15) is 0 Å². The highest BCUT2D eigenvalue weighted by Crippen LogP contribution is 2.36. The summed E-state index contributed by atoms with van der Waals surface area (Å²) >= 11 is 5.03. The van der Waals surface area contributed by atoms with Crippen LogP contribution in [0.25, 0.3) is 0 Å². The molecular formula is C17H18BrNO3S. The number of methoxy groups -OCH3 is 2. The molecule has 2 rings (SSSR count). The van der Waals surface area contributed by atoms with Crippen LogP contribution in [-0.4, -0.2) is 31.6 Å². The zero-order chi connectivity index (χ0) is 16.8. The van der Waals surface area contributed by atoms with Gasteiger partial charge in [-0.25, -0.2) is 0 Å². The Morgan fingerprint density at radius 1 is 1.35 bits per heavy atom. The van der Waals surface area contributed by atoms with E-state index in [9.17, 15) is 4.79 Å². The van der Waals surface area contributed by atoms with Crippen molar-refractivity contribution in [3.63, 3.8) is 0 Å². The number of carbonyl (C=O) groups excluding carboxylic acids is 1. The summed E-state index contributed by atoms with van der Waals surface area (Å²) < 4.78 is 11.3. The Morgan fingerprint density at radius 2 is 2.00 bits per heavy atom. The minimum atomic E-state index is -0.0950. The summed E-state index contributed by atoms with van der Waals surface area (Å²) in [4.78, 5) is 15.7. The maximum Gasteiger partial charge on any atom is 0.254 e. The molecule has 2 aromatic rings. The molecule has 1 heterocycles. The normalized spacial score (nSPS) is 10.2. The van der Waals surface area contributed by atoms with Crippen molar-refractivity contribution < 1.29 is 14.3 Å². The van der Waals surface area contributed by atoms with Crippen LogP contribution in [0.4, 0.5) is 0 Å². The molecule has 1 aromatic heterocycles. The van der Waals surface area contributed by atoms with Crippen molar-refractivity contribution in [3.05, 3.63) is 57.2 Å². The van der Waals surface area contributed by atoms with E-state index >= 15 is 0 Å². The van der Waals surface area contributed by atoms with Crippen LogP contribution in [0.1, 0.15) is 15.2 Å². The fraction of sp³-hybridized carbons (Fsp3) is 0.235. The number of nitrogens with zero attached hydrogens (tertiary/aromatic N) is 1. The summed E-state index contributed by atoms with van der Waals surface area (Å²) in [7, 11) is 3.11. The Labute approximate surface area is 148 Å². The van der Waals surface area contributed by atoms with E-state index in [4.69, 9.17) is 9.47 Å². The quantitative estimate of drug-likeness (QED) is 0.653. The van der Waals surface area contributed by atoms with Gasteiger partial charge in [-0.15, -0.1) is 17.9 Å². The zero-order valence-corrected chi connectivity index (χ0v) is 15.4. The van der Waals surface area contributed by atoms with Gasteiger partial charge in [-0.3, -0.25) is 4.79 Å². The summed E-state index contributed by atoms with van der Waals surface area (Å²) in [5, 5.41) is 2.00. The SMILES string of the molecule is C=CCN(Cc1cccs1)C(=O)c1cc(OC)c(Br)c(OC)c1. The van der Waals surface area contributed by atoms with Crippen molar-refractivity contribution in [1.82, 2.24) is 4.90 Å². The number of hydrogen-bond donors (Lipinski definition) is 0. The Bertz CT molecular complexity index is 660. The topological polar surface area (TPSA) is 38.8 Å². The van der Waals surface area contributed by atoms with Gasteiger partial charge in [0.15, 0.2) is 0 Å². The van der Waals surface area contributed by atoms with E-state index in [1.54, 1.807) is 48.7 Å². The summed E-state index contributed by atoms with van der Waals surface area (Å²) in [5.41, 5.74) is 0.514. The number of halogens is 1. The van der Waals surface area contributed by atoms with Crippen molar-refractivity contribution in [3.8, 4) is 11.5 Å². The van der Waals surface area contributed by atoms with Crippen molar-refractivity contribution in [2.75, 3.05) is 20.8 Å². The summed E-state index contributed by atoms with van der Waals surface area (Å²) in [6, 6.07) is 7.40. The van der Waals surface area contributed by atoms with Gasteiger partial charge < -0.3 is 14.4 Å². The van der Waals surface area contributed by atoms with Crippen molar-refractivity contribution in [2.45, 2.75) is 6.54 Å². The van der Waals surface area contributed by atoms with Gasteiger partial charge in [-0.05, 0) is 39.5 Å². The lowest BCUT2D eigenvalue weighted by atomic mass is 10.1. The molecule has 6 heteroatoms.